The van der Waals surface area contributed by atoms with Gasteiger partial charge >= 0.3 is 0 Å². The van der Waals surface area contributed by atoms with Crippen molar-refractivity contribution in [2.75, 3.05) is 15.9 Å². The zero-order valence-corrected chi connectivity index (χ0v) is 16.6. The van der Waals surface area contributed by atoms with Gasteiger partial charge in [0.25, 0.3) is 5.91 Å². The number of hydrogen-bond acceptors (Lipinski definition) is 4. The fraction of sp³-hybridized carbons (Fsp3) is 0.190. The number of sulfonamides is 1. The summed E-state index contributed by atoms with van der Waals surface area (Å²) >= 11 is 0. The van der Waals surface area contributed by atoms with Gasteiger partial charge in [0.1, 0.15) is 5.75 Å². The van der Waals surface area contributed by atoms with Gasteiger partial charge in [-0.15, -0.1) is 0 Å². The first-order chi connectivity index (χ1) is 13.1. The quantitative estimate of drug-likeness (QED) is 0.725. The minimum atomic E-state index is -3.42. The lowest BCUT2D eigenvalue weighted by atomic mass is 10.0. The van der Waals surface area contributed by atoms with E-state index in [4.69, 9.17) is 4.74 Å². The van der Waals surface area contributed by atoms with Crippen molar-refractivity contribution in [3.05, 3.63) is 60.7 Å². The van der Waals surface area contributed by atoms with E-state index in [1.807, 2.05) is 42.5 Å². The van der Waals surface area contributed by atoms with E-state index in [0.717, 1.165) is 22.7 Å². The van der Waals surface area contributed by atoms with Gasteiger partial charge in [0, 0.05) is 11.8 Å². The maximum Gasteiger partial charge on any atom is 0.275 e. The van der Waals surface area contributed by atoms with Gasteiger partial charge in [-0.1, -0.05) is 30.3 Å². The number of fused-ring (bicyclic) bond motifs is 2. The van der Waals surface area contributed by atoms with Crippen LogP contribution in [0.3, 0.4) is 0 Å². The molecule has 6 nitrogen and oxygen atoms in total. The summed E-state index contributed by atoms with van der Waals surface area (Å²) in [6.45, 7) is 3.39. The Kier molecular flexibility index (Phi) is 4.08. The molecule has 0 aliphatic carbocycles. The van der Waals surface area contributed by atoms with Crippen molar-refractivity contribution in [2.24, 2.45) is 0 Å². The number of hydrogen-bond donors (Lipinski definition) is 1. The van der Waals surface area contributed by atoms with Crippen LogP contribution in [0.25, 0.3) is 10.8 Å². The SMILES string of the molecule is CC1(C)Oc2cc(NS(C)(=O)=O)ccc2N(c2ccc3ccccc3c2)C1=O. The monoisotopic (exact) mass is 396 g/mol. The maximum atomic E-state index is 13.1. The molecule has 0 bridgehead atoms. The second-order valence-corrected chi connectivity index (χ2v) is 9.09. The molecule has 0 aromatic heterocycles. The highest BCUT2D eigenvalue weighted by molar-refractivity contribution is 7.92. The summed E-state index contributed by atoms with van der Waals surface area (Å²) in [6, 6.07) is 18.7. The van der Waals surface area contributed by atoms with E-state index in [1.165, 1.54) is 0 Å². The molecule has 0 saturated heterocycles. The van der Waals surface area contributed by atoms with Gasteiger partial charge in [-0.3, -0.25) is 14.4 Å². The van der Waals surface area contributed by atoms with E-state index in [-0.39, 0.29) is 5.91 Å². The normalized spacial score (nSPS) is 15.8. The molecule has 4 rings (SSSR count). The Morgan fingerprint density at radius 1 is 0.964 bits per heavy atom. The molecule has 1 aliphatic rings. The number of carbonyl (C=O) groups excluding carboxylic acids is 1. The molecule has 3 aromatic carbocycles. The fourth-order valence-electron chi connectivity index (χ4n) is 3.33. The zero-order valence-electron chi connectivity index (χ0n) is 15.8. The van der Waals surface area contributed by atoms with Crippen LogP contribution < -0.4 is 14.4 Å². The van der Waals surface area contributed by atoms with Crippen molar-refractivity contribution in [1.82, 2.24) is 0 Å². The van der Waals surface area contributed by atoms with Crippen LogP contribution in [0.2, 0.25) is 0 Å². The van der Waals surface area contributed by atoms with Crippen LogP contribution in [-0.4, -0.2) is 26.2 Å². The van der Waals surface area contributed by atoms with Crippen molar-refractivity contribution in [3.8, 4) is 5.75 Å². The molecule has 0 fully saturated rings. The number of carbonyl (C=O) groups is 1. The molecule has 0 radical (unpaired) electrons. The van der Waals surface area contributed by atoms with E-state index in [9.17, 15) is 13.2 Å². The highest BCUT2D eigenvalue weighted by Crippen LogP contribution is 2.43. The maximum absolute atomic E-state index is 13.1. The third kappa shape index (κ3) is 3.29. The molecule has 1 heterocycles. The number of nitrogens with zero attached hydrogens (tertiary/aromatic N) is 1. The summed E-state index contributed by atoms with van der Waals surface area (Å²) in [7, 11) is -3.42. The van der Waals surface area contributed by atoms with Gasteiger partial charge in [-0.05, 0) is 48.9 Å². The molecule has 0 atom stereocenters. The van der Waals surface area contributed by atoms with Gasteiger partial charge in [0.2, 0.25) is 10.0 Å². The first-order valence-corrected chi connectivity index (χ1v) is 10.7. The number of benzene rings is 3. The Bertz CT molecular complexity index is 1200. The third-order valence-corrected chi connectivity index (χ3v) is 5.18. The van der Waals surface area contributed by atoms with Crippen LogP contribution in [0.5, 0.6) is 5.75 Å². The molecule has 0 saturated carbocycles. The van der Waals surface area contributed by atoms with Crippen LogP contribution in [0.15, 0.2) is 60.7 Å². The van der Waals surface area contributed by atoms with Crippen molar-refractivity contribution in [1.29, 1.82) is 0 Å². The number of nitrogens with one attached hydrogen (secondary N) is 1. The zero-order chi connectivity index (χ0) is 20.1. The molecule has 1 N–H and O–H groups in total. The number of rotatable bonds is 3. The Morgan fingerprint density at radius 2 is 1.68 bits per heavy atom. The highest BCUT2D eigenvalue weighted by atomic mass is 32.2. The van der Waals surface area contributed by atoms with Crippen molar-refractivity contribution >= 4 is 43.8 Å². The number of anilines is 3. The lowest BCUT2D eigenvalue weighted by molar-refractivity contribution is -0.131. The average Bonchev–Trinajstić information content (AvgIpc) is 2.61. The molecule has 144 valence electrons. The summed E-state index contributed by atoms with van der Waals surface area (Å²) < 4.78 is 31.4. The second-order valence-electron chi connectivity index (χ2n) is 7.34. The number of ether oxygens (including phenoxy) is 1. The van der Waals surface area contributed by atoms with Gasteiger partial charge in [0.15, 0.2) is 5.60 Å². The minimum absolute atomic E-state index is 0.195. The van der Waals surface area contributed by atoms with Crippen LogP contribution in [-0.2, 0) is 14.8 Å². The molecule has 0 spiro atoms. The van der Waals surface area contributed by atoms with Crippen molar-refractivity contribution in [2.45, 2.75) is 19.4 Å². The standard InChI is InChI=1S/C21H20N2O4S/c1-21(2)20(24)23(17-10-8-14-6-4-5-7-15(14)12-17)18-11-9-16(13-19(18)27-21)22-28(3,25)26/h4-13,22H,1-3H3. The van der Waals surface area contributed by atoms with Crippen LogP contribution in [0, 0.1) is 0 Å². The molecular formula is C21H20N2O4S. The largest absolute Gasteiger partial charge is 0.476 e. The highest BCUT2D eigenvalue weighted by Gasteiger charge is 2.41. The molecule has 1 aliphatic heterocycles. The van der Waals surface area contributed by atoms with Gasteiger partial charge in [0.05, 0.1) is 17.6 Å². The fourth-order valence-corrected chi connectivity index (χ4v) is 3.88. The van der Waals surface area contributed by atoms with E-state index in [0.29, 0.717) is 17.1 Å². The van der Waals surface area contributed by atoms with Crippen LogP contribution in [0.4, 0.5) is 17.1 Å². The molecule has 0 unspecified atom stereocenters. The summed E-state index contributed by atoms with van der Waals surface area (Å²) in [5, 5.41) is 2.10. The smallest absolute Gasteiger partial charge is 0.275 e. The Morgan fingerprint density at radius 3 is 2.39 bits per heavy atom. The summed E-state index contributed by atoms with van der Waals surface area (Å²) in [6.07, 6.45) is 1.09. The summed E-state index contributed by atoms with van der Waals surface area (Å²) in [5.74, 6) is 0.241. The number of amides is 1. The van der Waals surface area contributed by atoms with Gasteiger partial charge < -0.3 is 4.74 Å². The van der Waals surface area contributed by atoms with E-state index in [2.05, 4.69) is 4.72 Å². The lowest BCUT2D eigenvalue weighted by Gasteiger charge is -2.39. The predicted molar refractivity (Wildman–Crippen MR) is 111 cm³/mol. The Labute approximate surface area is 163 Å². The predicted octanol–water partition coefficient (Wildman–Crippen LogP) is 4.05. The summed E-state index contributed by atoms with van der Waals surface area (Å²) in [4.78, 5) is 14.8. The molecule has 7 heteroatoms. The second kappa shape index (κ2) is 6.24. The van der Waals surface area contributed by atoms with Gasteiger partial charge in [-0.2, -0.15) is 0 Å². The minimum Gasteiger partial charge on any atom is -0.476 e. The summed E-state index contributed by atoms with van der Waals surface area (Å²) in [5.41, 5.74) is 0.580. The van der Waals surface area contributed by atoms with Crippen molar-refractivity contribution < 1.29 is 17.9 Å². The van der Waals surface area contributed by atoms with E-state index < -0.39 is 15.6 Å². The van der Waals surface area contributed by atoms with E-state index >= 15 is 0 Å². The van der Waals surface area contributed by atoms with E-state index in [1.54, 1.807) is 36.9 Å². The van der Waals surface area contributed by atoms with Crippen LogP contribution in [0.1, 0.15) is 13.8 Å². The topological polar surface area (TPSA) is 75.7 Å². The van der Waals surface area contributed by atoms with Gasteiger partial charge in [-0.25, -0.2) is 8.42 Å². The first-order valence-electron chi connectivity index (χ1n) is 8.78. The van der Waals surface area contributed by atoms with Crippen molar-refractivity contribution in [3.63, 3.8) is 0 Å². The average molecular weight is 396 g/mol. The van der Waals surface area contributed by atoms with Crippen LogP contribution >= 0.6 is 0 Å². The lowest BCUT2D eigenvalue weighted by Crippen LogP contribution is -2.50. The third-order valence-electron chi connectivity index (χ3n) is 4.58. The molecule has 28 heavy (non-hydrogen) atoms. The first kappa shape index (κ1) is 18.3. The molecule has 3 aromatic rings. The molecule has 1 amide bonds. The Hall–Kier alpha value is -3.06. The Balaban J connectivity index is 1.86. The molecular weight excluding hydrogens is 376 g/mol.